The van der Waals surface area contributed by atoms with E-state index in [2.05, 4.69) is 29.6 Å². The normalized spacial score (nSPS) is 12.7. The molecule has 0 aliphatic heterocycles. The number of rotatable bonds is 7. The number of hydrogen-bond donors (Lipinski definition) is 1. The molecule has 2 unspecified atom stereocenters. The van der Waals surface area contributed by atoms with Crippen molar-refractivity contribution in [3.8, 4) is 0 Å². The minimum absolute atomic E-state index is 0.0289. The zero-order valence-electron chi connectivity index (χ0n) is 18.9. The highest BCUT2D eigenvalue weighted by Crippen LogP contribution is 2.39. The predicted octanol–water partition coefficient (Wildman–Crippen LogP) is 8.97. The zero-order chi connectivity index (χ0) is 24.2. The van der Waals surface area contributed by atoms with Gasteiger partial charge >= 0.3 is 0 Å². The standard InChI is InChI=1S/C31H23Cl2NO/c32-27-18-16-25(20-28(27)33)30(34-26-17-15-21-9-7-8-14-24(21)19-26)29(22-10-3-1-4-11-22)31(35)23-12-5-2-6-13-23/h1-20,29-30,34H. The number of benzene rings is 5. The first kappa shape index (κ1) is 23.2. The highest BCUT2D eigenvalue weighted by atomic mass is 35.5. The van der Waals surface area contributed by atoms with Crippen LogP contribution < -0.4 is 5.32 Å². The van der Waals surface area contributed by atoms with Crippen molar-refractivity contribution in [1.82, 2.24) is 0 Å². The molecule has 0 heterocycles. The summed E-state index contributed by atoms with van der Waals surface area (Å²) in [5, 5.41) is 6.87. The molecule has 0 bridgehead atoms. The van der Waals surface area contributed by atoms with Crippen LogP contribution in [-0.4, -0.2) is 5.78 Å². The fraction of sp³-hybridized carbons (Fsp3) is 0.0645. The quantitative estimate of drug-likeness (QED) is 0.228. The smallest absolute Gasteiger partial charge is 0.172 e. The van der Waals surface area contributed by atoms with Gasteiger partial charge in [0.2, 0.25) is 0 Å². The van der Waals surface area contributed by atoms with Crippen LogP contribution in [0.5, 0.6) is 0 Å². The number of carbonyl (C=O) groups is 1. The van der Waals surface area contributed by atoms with Gasteiger partial charge in [-0.25, -0.2) is 0 Å². The van der Waals surface area contributed by atoms with Crippen LogP contribution >= 0.6 is 23.2 Å². The average Bonchev–Trinajstić information content (AvgIpc) is 2.91. The number of ketones is 1. The van der Waals surface area contributed by atoms with Crippen LogP contribution in [0.15, 0.2) is 121 Å². The second-order valence-corrected chi connectivity index (χ2v) is 9.29. The van der Waals surface area contributed by atoms with Crippen LogP contribution in [0, 0.1) is 0 Å². The number of carbonyl (C=O) groups excluding carboxylic acids is 1. The third-order valence-corrected chi connectivity index (χ3v) is 6.95. The van der Waals surface area contributed by atoms with Gasteiger partial charge in [-0.3, -0.25) is 4.79 Å². The molecule has 5 aromatic carbocycles. The van der Waals surface area contributed by atoms with E-state index < -0.39 is 5.92 Å². The molecular formula is C31H23Cl2NO. The van der Waals surface area contributed by atoms with E-state index in [1.54, 1.807) is 6.07 Å². The van der Waals surface area contributed by atoms with Gasteiger partial charge in [-0.1, -0.05) is 120 Å². The summed E-state index contributed by atoms with van der Waals surface area (Å²) >= 11 is 12.7. The van der Waals surface area contributed by atoms with Crippen molar-refractivity contribution in [2.24, 2.45) is 0 Å². The Kier molecular flexibility index (Phi) is 6.85. The number of hydrogen-bond acceptors (Lipinski definition) is 2. The van der Waals surface area contributed by atoms with Crippen molar-refractivity contribution >= 4 is 45.4 Å². The molecule has 0 aliphatic rings. The fourth-order valence-corrected chi connectivity index (χ4v) is 4.77. The Hall–Kier alpha value is -3.59. The van der Waals surface area contributed by atoms with Gasteiger partial charge in [0, 0.05) is 11.3 Å². The van der Waals surface area contributed by atoms with E-state index in [0.717, 1.165) is 27.6 Å². The first-order valence-corrected chi connectivity index (χ1v) is 12.2. The van der Waals surface area contributed by atoms with Crippen LogP contribution in [0.4, 0.5) is 5.69 Å². The van der Waals surface area contributed by atoms with Crippen LogP contribution in [0.2, 0.25) is 10.0 Å². The predicted molar refractivity (Wildman–Crippen MR) is 147 cm³/mol. The molecule has 0 spiro atoms. The maximum Gasteiger partial charge on any atom is 0.172 e. The minimum Gasteiger partial charge on any atom is -0.377 e. The molecule has 5 aromatic rings. The van der Waals surface area contributed by atoms with Crippen LogP contribution in [0.3, 0.4) is 0 Å². The van der Waals surface area contributed by atoms with E-state index in [4.69, 9.17) is 23.2 Å². The maximum absolute atomic E-state index is 14.0. The molecule has 2 nitrogen and oxygen atoms in total. The topological polar surface area (TPSA) is 29.1 Å². The Morgan fingerprint density at radius 3 is 1.97 bits per heavy atom. The summed E-state index contributed by atoms with van der Waals surface area (Å²) in [5.74, 6) is -0.469. The third kappa shape index (κ3) is 5.09. The number of nitrogens with one attached hydrogen (secondary N) is 1. The SMILES string of the molecule is O=C(c1ccccc1)C(c1ccccc1)C(Nc1ccc2ccccc2c1)c1ccc(Cl)c(Cl)c1. The Morgan fingerprint density at radius 2 is 1.26 bits per heavy atom. The lowest BCUT2D eigenvalue weighted by Gasteiger charge is -2.29. The van der Waals surface area contributed by atoms with Gasteiger partial charge in [-0.05, 0) is 46.2 Å². The van der Waals surface area contributed by atoms with Crippen molar-refractivity contribution in [2.75, 3.05) is 5.32 Å². The van der Waals surface area contributed by atoms with Gasteiger partial charge in [0.25, 0.3) is 0 Å². The van der Waals surface area contributed by atoms with E-state index in [-0.39, 0.29) is 11.8 Å². The lowest BCUT2D eigenvalue weighted by Crippen LogP contribution is -2.26. The van der Waals surface area contributed by atoms with Gasteiger partial charge in [-0.15, -0.1) is 0 Å². The number of fused-ring (bicyclic) bond motifs is 1. The van der Waals surface area contributed by atoms with Crippen molar-refractivity contribution in [1.29, 1.82) is 0 Å². The molecule has 0 aliphatic carbocycles. The van der Waals surface area contributed by atoms with Gasteiger partial charge in [-0.2, -0.15) is 0 Å². The molecular weight excluding hydrogens is 473 g/mol. The summed E-state index contributed by atoms with van der Waals surface area (Å²) in [6.45, 7) is 0. The van der Waals surface area contributed by atoms with Crippen LogP contribution in [0.25, 0.3) is 10.8 Å². The van der Waals surface area contributed by atoms with Crippen molar-refractivity contribution in [3.63, 3.8) is 0 Å². The summed E-state index contributed by atoms with van der Waals surface area (Å²) in [6, 6.07) is 38.9. The first-order chi connectivity index (χ1) is 17.1. The number of halogens is 2. The summed E-state index contributed by atoms with van der Waals surface area (Å²) in [5.41, 5.74) is 3.38. The largest absolute Gasteiger partial charge is 0.377 e. The van der Waals surface area contributed by atoms with E-state index in [1.165, 1.54) is 0 Å². The lowest BCUT2D eigenvalue weighted by molar-refractivity contribution is 0.0950. The molecule has 2 atom stereocenters. The molecule has 0 saturated heterocycles. The second kappa shape index (κ2) is 10.4. The summed E-state index contributed by atoms with van der Waals surface area (Å²) < 4.78 is 0. The van der Waals surface area contributed by atoms with E-state index in [9.17, 15) is 4.79 Å². The summed E-state index contributed by atoms with van der Waals surface area (Å²) in [7, 11) is 0. The summed E-state index contributed by atoms with van der Waals surface area (Å²) in [6.07, 6.45) is 0. The molecule has 0 amide bonds. The highest BCUT2D eigenvalue weighted by molar-refractivity contribution is 6.42. The van der Waals surface area contributed by atoms with E-state index >= 15 is 0 Å². The monoisotopic (exact) mass is 495 g/mol. The van der Waals surface area contributed by atoms with Crippen LogP contribution in [-0.2, 0) is 0 Å². The lowest BCUT2D eigenvalue weighted by atomic mass is 9.81. The molecule has 172 valence electrons. The van der Waals surface area contributed by atoms with E-state index in [0.29, 0.717) is 15.6 Å². The van der Waals surface area contributed by atoms with Crippen molar-refractivity contribution in [2.45, 2.75) is 12.0 Å². The maximum atomic E-state index is 14.0. The third-order valence-electron chi connectivity index (χ3n) is 6.21. The minimum atomic E-state index is -0.498. The number of Topliss-reactive ketones (excluding diaryl/α,β-unsaturated/α-hetero) is 1. The molecule has 0 radical (unpaired) electrons. The highest BCUT2D eigenvalue weighted by Gasteiger charge is 2.32. The van der Waals surface area contributed by atoms with Crippen molar-refractivity contribution < 1.29 is 4.79 Å². The Labute approximate surface area is 215 Å². The number of anilines is 1. The molecule has 0 saturated carbocycles. The zero-order valence-corrected chi connectivity index (χ0v) is 20.4. The summed E-state index contributed by atoms with van der Waals surface area (Å²) in [4.78, 5) is 14.0. The Bertz CT molecular complexity index is 1470. The Morgan fingerprint density at radius 1 is 0.600 bits per heavy atom. The van der Waals surface area contributed by atoms with E-state index in [1.807, 2.05) is 91.0 Å². The average molecular weight is 496 g/mol. The second-order valence-electron chi connectivity index (χ2n) is 8.48. The molecule has 5 rings (SSSR count). The molecule has 0 fully saturated rings. The molecule has 0 aromatic heterocycles. The molecule has 35 heavy (non-hydrogen) atoms. The first-order valence-electron chi connectivity index (χ1n) is 11.4. The van der Waals surface area contributed by atoms with Gasteiger partial charge in [0.1, 0.15) is 0 Å². The van der Waals surface area contributed by atoms with Crippen LogP contribution in [0.1, 0.15) is 33.4 Å². The van der Waals surface area contributed by atoms with Gasteiger partial charge in [0.15, 0.2) is 5.78 Å². The van der Waals surface area contributed by atoms with Gasteiger partial charge in [0.05, 0.1) is 22.0 Å². The Balaban J connectivity index is 1.65. The fourth-order valence-electron chi connectivity index (χ4n) is 4.46. The molecule has 4 heteroatoms. The molecule has 1 N–H and O–H groups in total. The van der Waals surface area contributed by atoms with Crippen molar-refractivity contribution in [3.05, 3.63) is 148 Å². The van der Waals surface area contributed by atoms with Gasteiger partial charge < -0.3 is 5.32 Å².